The lowest BCUT2D eigenvalue weighted by Gasteiger charge is -2.18. The summed E-state index contributed by atoms with van der Waals surface area (Å²) in [7, 11) is 0. The van der Waals surface area contributed by atoms with Crippen LogP contribution in [0.5, 0.6) is 0 Å². The Labute approximate surface area is 450 Å². The van der Waals surface area contributed by atoms with Crippen LogP contribution in [0.2, 0.25) is 0 Å². The molecule has 1 atom stereocenters. The number of carbonyl (C=O) groups excluding carboxylic acids is 3. The normalized spacial score (nSPS) is 12.0. The Morgan fingerprint density at radius 3 is 0.681 bits per heavy atom. The van der Waals surface area contributed by atoms with Crippen LogP contribution in [0.3, 0.4) is 0 Å². The standard InChI is InChI=1S/C66H128O6/c1-6-7-8-9-10-11-12-13-14-20-28-33-38-43-48-53-58-66(69)72-63(60-71-65(68)57-52-47-42-37-32-27-23-22-25-30-35-40-45-50-55-62(4)5)59-70-64(67)56-51-46-41-36-31-26-21-18-16-15-17-19-24-29-34-39-44-49-54-61(2)3/h61-63H,6-60H2,1-5H3/t63-/m0/s1. The third kappa shape index (κ3) is 59.3. The molecule has 0 aliphatic carbocycles. The minimum Gasteiger partial charge on any atom is -0.462 e. The quantitative estimate of drug-likeness (QED) is 0.0343. The fourth-order valence-electron chi connectivity index (χ4n) is 10.3. The molecular formula is C66H128O6. The molecule has 0 aliphatic heterocycles. The summed E-state index contributed by atoms with van der Waals surface area (Å²) in [6.45, 7) is 11.5. The summed E-state index contributed by atoms with van der Waals surface area (Å²) in [5.41, 5.74) is 0. The minimum atomic E-state index is -0.764. The average molecular weight is 1020 g/mol. The summed E-state index contributed by atoms with van der Waals surface area (Å²) in [6.07, 6.45) is 65.3. The van der Waals surface area contributed by atoms with E-state index in [1.165, 1.54) is 263 Å². The van der Waals surface area contributed by atoms with Crippen molar-refractivity contribution in [3.63, 3.8) is 0 Å². The third-order valence-electron chi connectivity index (χ3n) is 15.2. The molecule has 0 saturated heterocycles. The first kappa shape index (κ1) is 70.4. The van der Waals surface area contributed by atoms with Crippen molar-refractivity contribution >= 4 is 17.9 Å². The second kappa shape index (κ2) is 58.7. The van der Waals surface area contributed by atoms with Crippen molar-refractivity contribution in [1.82, 2.24) is 0 Å². The van der Waals surface area contributed by atoms with Crippen molar-refractivity contribution in [3.05, 3.63) is 0 Å². The monoisotopic (exact) mass is 1020 g/mol. The van der Waals surface area contributed by atoms with Crippen LogP contribution >= 0.6 is 0 Å². The highest BCUT2D eigenvalue weighted by molar-refractivity contribution is 5.71. The molecule has 0 amide bonds. The van der Waals surface area contributed by atoms with Gasteiger partial charge in [-0.1, -0.05) is 336 Å². The van der Waals surface area contributed by atoms with E-state index in [1.54, 1.807) is 0 Å². The first-order chi connectivity index (χ1) is 35.2. The van der Waals surface area contributed by atoms with E-state index < -0.39 is 6.10 Å². The summed E-state index contributed by atoms with van der Waals surface area (Å²) in [6, 6.07) is 0. The molecule has 0 saturated carbocycles. The van der Waals surface area contributed by atoms with Gasteiger partial charge in [0.05, 0.1) is 0 Å². The van der Waals surface area contributed by atoms with Gasteiger partial charge in [0.15, 0.2) is 6.10 Å². The summed E-state index contributed by atoms with van der Waals surface area (Å²) in [5.74, 6) is 0.875. The van der Waals surface area contributed by atoms with Crippen LogP contribution in [0, 0.1) is 11.8 Å². The summed E-state index contributed by atoms with van der Waals surface area (Å²) >= 11 is 0. The molecule has 0 heterocycles. The number of hydrogen-bond donors (Lipinski definition) is 0. The highest BCUT2D eigenvalue weighted by Gasteiger charge is 2.19. The van der Waals surface area contributed by atoms with Crippen LogP contribution in [0.1, 0.15) is 375 Å². The van der Waals surface area contributed by atoms with E-state index >= 15 is 0 Å². The first-order valence-corrected chi connectivity index (χ1v) is 32.7. The molecule has 0 aromatic heterocycles. The number of rotatable bonds is 60. The van der Waals surface area contributed by atoms with E-state index in [2.05, 4.69) is 34.6 Å². The zero-order chi connectivity index (χ0) is 52.5. The Morgan fingerprint density at radius 1 is 0.264 bits per heavy atom. The van der Waals surface area contributed by atoms with Crippen LogP contribution in [0.4, 0.5) is 0 Å². The fraction of sp³-hybridized carbons (Fsp3) is 0.955. The molecule has 0 bridgehead atoms. The molecule has 0 aromatic carbocycles. The first-order valence-electron chi connectivity index (χ1n) is 32.7. The molecule has 0 fully saturated rings. The second-order valence-corrected chi connectivity index (χ2v) is 23.7. The largest absolute Gasteiger partial charge is 0.462 e. The molecule has 0 radical (unpaired) electrons. The SMILES string of the molecule is CCCCCCCCCCCCCCCCCCC(=O)O[C@@H](COC(=O)CCCCCCCCCCCCCCCCCCCCC(C)C)COC(=O)CCCCCCCCCCCCCCCCC(C)C. The second-order valence-electron chi connectivity index (χ2n) is 23.7. The lowest BCUT2D eigenvalue weighted by Crippen LogP contribution is -2.30. The van der Waals surface area contributed by atoms with Crippen molar-refractivity contribution in [2.24, 2.45) is 11.8 Å². The Balaban J connectivity index is 4.26. The Bertz CT molecular complexity index is 1100. The third-order valence-corrected chi connectivity index (χ3v) is 15.2. The van der Waals surface area contributed by atoms with Crippen molar-refractivity contribution in [1.29, 1.82) is 0 Å². The zero-order valence-corrected chi connectivity index (χ0v) is 49.6. The van der Waals surface area contributed by atoms with Crippen LogP contribution in [0.15, 0.2) is 0 Å². The topological polar surface area (TPSA) is 78.9 Å². The van der Waals surface area contributed by atoms with Gasteiger partial charge in [-0.3, -0.25) is 14.4 Å². The zero-order valence-electron chi connectivity index (χ0n) is 49.6. The van der Waals surface area contributed by atoms with Gasteiger partial charge in [0.25, 0.3) is 0 Å². The van der Waals surface area contributed by atoms with Gasteiger partial charge >= 0.3 is 17.9 Å². The number of esters is 3. The molecule has 0 unspecified atom stereocenters. The van der Waals surface area contributed by atoms with Crippen LogP contribution in [-0.2, 0) is 28.6 Å². The highest BCUT2D eigenvalue weighted by Crippen LogP contribution is 2.19. The lowest BCUT2D eigenvalue weighted by molar-refractivity contribution is -0.167. The number of carbonyl (C=O) groups is 3. The lowest BCUT2D eigenvalue weighted by atomic mass is 10.0. The molecule has 0 N–H and O–H groups in total. The van der Waals surface area contributed by atoms with Gasteiger partial charge in [0.1, 0.15) is 13.2 Å². The predicted octanol–water partition coefficient (Wildman–Crippen LogP) is 22.0. The molecule has 6 nitrogen and oxygen atoms in total. The number of hydrogen-bond acceptors (Lipinski definition) is 6. The van der Waals surface area contributed by atoms with Gasteiger partial charge in [0, 0.05) is 19.3 Å². The predicted molar refractivity (Wildman–Crippen MR) is 312 cm³/mol. The van der Waals surface area contributed by atoms with Crippen molar-refractivity contribution in [3.8, 4) is 0 Å². The molecule has 6 heteroatoms. The maximum atomic E-state index is 12.9. The number of unbranched alkanes of at least 4 members (excludes halogenated alkanes) is 45. The Hall–Kier alpha value is -1.59. The molecule has 0 aliphatic rings. The van der Waals surface area contributed by atoms with E-state index in [-0.39, 0.29) is 31.1 Å². The van der Waals surface area contributed by atoms with Gasteiger partial charge in [-0.2, -0.15) is 0 Å². The number of ether oxygens (including phenoxy) is 3. The van der Waals surface area contributed by atoms with E-state index in [4.69, 9.17) is 14.2 Å². The Kier molecular flexibility index (Phi) is 57.4. The van der Waals surface area contributed by atoms with Gasteiger partial charge < -0.3 is 14.2 Å². The summed E-state index contributed by atoms with van der Waals surface area (Å²) < 4.78 is 17.0. The van der Waals surface area contributed by atoms with E-state index in [0.29, 0.717) is 19.3 Å². The fourth-order valence-corrected chi connectivity index (χ4v) is 10.3. The van der Waals surface area contributed by atoms with Crippen molar-refractivity contribution < 1.29 is 28.6 Å². The van der Waals surface area contributed by atoms with E-state index in [9.17, 15) is 14.4 Å². The van der Waals surface area contributed by atoms with E-state index in [1.807, 2.05) is 0 Å². The maximum Gasteiger partial charge on any atom is 0.306 e. The van der Waals surface area contributed by atoms with Crippen molar-refractivity contribution in [2.45, 2.75) is 381 Å². The molecule has 0 spiro atoms. The highest BCUT2D eigenvalue weighted by atomic mass is 16.6. The maximum absolute atomic E-state index is 12.9. The molecule has 0 aromatic rings. The summed E-state index contributed by atoms with van der Waals surface area (Å²) in [5, 5.41) is 0. The van der Waals surface area contributed by atoms with Gasteiger partial charge in [0.2, 0.25) is 0 Å². The van der Waals surface area contributed by atoms with Crippen LogP contribution < -0.4 is 0 Å². The van der Waals surface area contributed by atoms with Crippen molar-refractivity contribution in [2.75, 3.05) is 13.2 Å². The molecule has 0 rings (SSSR count). The van der Waals surface area contributed by atoms with Gasteiger partial charge in [-0.15, -0.1) is 0 Å². The molecule has 428 valence electrons. The van der Waals surface area contributed by atoms with Crippen LogP contribution in [-0.4, -0.2) is 37.2 Å². The molecule has 72 heavy (non-hydrogen) atoms. The van der Waals surface area contributed by atoms with Gasteiger partial charge in [-0.25, -0.2) is 0 Å². The summed E-state index contributed by atoms with van der Waals surface area (Å²) in [4.78, 5) is 38.3. The van der Waals surface area contributed by atoms with Crippen LogP contribution in [0.25, 0.3) is 0 Å². The van der Waals surface area contributed by atoms with E-state index in [0.717, 1.165) is 69.6 Å². The average Bonchev–Trinajstić information content (AvgIpc) is 3.36. The van der Waals surface area contributed by atoms with Gasteiger partial charge in [-0.05, 0) is 31.1 Å². The smallest absolute Gasteiger partial charge is 0.306 e. The molecular weight excluding hydrogens is 889 g/mol. The minimum absolute atomic E-state index is 0.0616. The Morgan fingerprint density at radius 2 is 0.458 bits per heavy atom.